The SMILES string of the molecule is Cc1ccc(-c2c(C)sc3ncnc(Nc4ccc(SC#N)cc4)c23)cc1. The first-order valence-electron chi connectivity index (χ1n) is 8.40. The molecule has 0 aliphatic carbocycles. The van der Waals surface area contributed by atoms with Crippen LogP contribution in [0.25, 0.3) is 21.3 Å². The third-order valence-electron chi connectivity index (χ3n) is 4.29. The minimum Gasteiger partial charge on any atom is -0.340 e. The Morgan fingerprint density at radius 2 is 1.74 bits per heavy atom. The maximum atomic E-state index is 8.78. The topological polar surface area (TPSA) is 61.6 Å². The van der Waals surface area contributed by atoms with E-state index < -0.39 is 0 Å². The molecule has 6 heteroatoms. The number of fused-ring (bicyclic) bond motifs is 1. The number of hydrogen-bond donors (Lipinski definition) is 1. The van der Waals surface area contributed by atoms with Crippen LogP contribution in [0.4, 0.5) is 11.5 Å². The smallest absolute Gasteiger partial charge is 0.143 e. The minimum absolute atomic E-state index is 0.792. The Morgan fingerprint density at radius 1 is 1.00 bits per heavy atom. The Bertz CT molecular complexity index is 1140. The van der Waals surface area contributed by atoms with Crippen molar-refractivity contribution in [3.63, 3.8) is 0 Å². The van der Waals surface area contributed by atoms with E-state index in [4.69, 9.17) is 5.26 Å². The minimum atomic E-state index is 0.792. The molecule has 0 bridgehead atoms. The Morgan fingerprint density at radius 3 is 2.44 bits per heavy atom. The van der Waals surface area contributed by atoms with Crippen molar-refractivity contribution in [2.24, 2.45) is 0 Å². The van der Waals surface area contributed by atoms with Crippen molar-refractivity contribution in [1.29, 1.82) is 5.26 Å². The zero-order valence-corrected chi connectivity index (χ0v) is 16.5. The second kappa shape index (κ2) is 7.39. The van der Waals surface area contributed by atoms with Crippen molar-refractivity contribution >= 4 is 44.8 Å². The molecule has 0 amide bonds. The van der Waals surface area contributed by atoms with E-state index in [0.29, 0.717) is 0 Å². The number of nitrogens with one attached hydrogen (secondary N) is 1. The average molecular weight is 389 g/mol. The molecule has 0 aliphatic heterocycles. The second-order valence-corrected chi connectivity index (χ2v) is 8.21. The van der Waals surface area contributed by atoms with Crippen molar-refractivity contribution in [2.45, 2.75) is 18.7 Å². The number of aromatic nitrogens is 2. The van der Waals surface area contributed by atoms with E-state index in [1.807, 2.05) is 24.3 Å². The zero-order chi connectivity index (χ0) is 18.8. The van der Waals surface area contributed by atoms with Crippen LogP contribution in [0.3, 0.4) is 0 Å². The first-order chi connectivity index (χ1) is 13.2. The lowest BCUT2D eigenvalue weighted by molar-refractivity contribution is 1.23. The normalized spacial score (nSPS) is 10.7. The first kappa shape index (κ1) is 17.5. The van der Waals surface area contributed by atoms with Crippen LogP contribution in [0.2, 0.25) is 0 Å². The third-order valence-corrected chi connectivity index (χ3v) is 5.90. The van der Waals surface area contributed by atoms with Gasteiger partial charge in [0.2, 0.25) is 0 Å². The summed E-state index contributed by atoms with van der Waals surface area (Å²) in [5, 5.41) is 15.3. The predicted molar refractivity (Wildman–Crippen MR) is 114 cm³/mol. The molecule has 0 aliphatic rings. The highest BCUT2D eigenvalue weighted by Gasteiger charge is 2.16. The molecule has 132 valence electrons. The molecule has 0 saturated carbocycles. The van der Waals surface area contributed by atoms with Crippen LogP contribution in [0.15, 0.2) is 59.8 Å². The number of benzene rings is 2. The number of thioether (sulfide) groups is 1. The van der Waals surface area contributed by atoms with Gasteiger partial charge < -0.3 is 5.32 Å². The Hall–Kier alpha value is -2.88. The summed E-state index contributed by atoms with van der Waals surface area (Å²) in [5.41, 5.74) is 4.51. The molecule has 27 heavy (non-hydrogen) atoms. The molecule has 0 atom stereocenters. The number of nitrogens with zero attached hydrogens (tertiary/aromatic N) is 3. The lowest BCUT2D eigenvalue weighted by Gasteiger charge is -2.09. The van der Waals surface area contributed by atoms with Gasteiger partial charge >= 0.3 is 0 Å². The van der Waals surface area contributed by atoms with Crippen molar-refractivity contribution in [3.8, 4) is 16.5 Å². The molecular formula is C21H16N4S2. The monoisotopic (exact) mass is 388 g/mol. The van der Waals surface area contributed by atoms with Crippen molar-refractivity contribution < 1.29 is 0 Å². The summed E-state index contributed by atoms with van der Waals surface area (Å²) < 4.78 is 0. The van der Waals surface area contributed by atoms with Gasteiger partial charge in [-0.2, -0.15) is 5.26 Å². The first-order valence-corrected chi connectivity index (χ1v) is 10.0. The molecule has 1 N–H and O–H groups in total. The number of nitriles is 1. The Labute approximate surface area is 165 Å². The molecule has 2 aromatic carbocycles. The van der Waals surface area contributed by atoms with Gasteiger partial charge in [-0.1, -0.05) is 29.8 Å². The lowest BCUT2D eigenvalue weighted by atomic mass is 10.0. The largest absolute Gasteiger partial charge is 0.340 e. The number of anilines is 2. The van der Waals surface area contributed by atoms with Gasteiger partial charge in [-0.25, -0.2) is 9.97 Å². The molecule has 4 rings (SSSR count). The average Bonchev–Trinajstić information content (AvgIpc) is 3.01. The van der Waals surface area contributed by atoms with Gasteiger partial charge in [-0.3, -0.25) is 0 Å². The van der Waals surface area contributed by atoms with E-state index in [-0.39, 0.29) is 0 Å². The summed E-state index contributed by atoms with van der Waals surface area (Å²) >= 11 is 2.83. The number of thiocyanates is 1. The van der Waals surface area contributed by atoms with Crippen LogP contribution in [-0.2, 0) is 0 Å². The maximum Gasteiger partial charge on any atom is 0.143 e. The lowest BCUT2D eigenvalue weighted by Crippen LogP contribution is -1.95. The van der Waals surface area contributed by atoms with Gasteiger partial charge in [0, 0.05) is 21.0 Å². The summed E-state index contributed by atoms with van der Waals surface area (Å²) in [4.78, 5) is 12.1. The number of aryl methyl sites for hydroxylation is 2. The van der Waals surface area contributed by atoms with Crippen LogP contribution in [0.5, 0.6) is 0 Å². The van der Waals surface area contributed by atoms with Crippen LogP contribution in [-0.4, -0.2) is 9.97 Å². The molecule has 0 unspecified atom stereocenters. The van der Waals surface area contributed by atoms with E-state index in [1.54, 1.807) is 17.7 Å². The van der Waals surface area contributed by atoms with Gasteiger partial charge in [0.05, 0.1) is 5.39 Å². The fraction of sp³-hybridized carbons (Fsp3) is 0.0952. The molecule has 0 saturated heterocycles. The second-order valence-electron chi connectivity index (χ2n) is 6.14. The van der Waals surface area contributed by atoms with E-state index in [0.717, 1.165) is 38.4 Å². The Balaban J connectivity index is 1.79. The highest BCUT2D eigenvalue weighted by atomic mass is 32.2. The van der Waals surface area contributed by atoms with Gasteiger partial charge in [-0.05, 0) is 55.4 Å². The zero-order valence-electron chi connectivity index (χ0n) is 14.9. The fourth-order valence-corrected chi connectivity index (χ4v) is 4.39. The summed E-state index contributed by atoms with van der Waals surface area (Å²) in [7, 11) is 0. The molecule has 2 heterocycles. The predicted octanol–water partition coefficient (Wildman–Crippen LogP) is 6.29. The quantitative estimate of drug-likeness (QED) is 0.329. The van der Waals surface area contributed by atoms with Crippen LogP contribution in [0, 0.1) is 24.5 Å². The molecule has 0 fully saturated rings. The molecule has 0 spiro atoms. The van der Waals surface area contributed by atoms with Gasteiger partial charge in [-0.15, -0.1) is 11.3 Å². The number of thiophene rings is 1. The molecule has 4 nitrogen and oxygen atoms in total. The van der Waals surface area contributed by atoms with E-state index in [1.165, 1.54) is 21.6 Å². The summed E-state index contributed by atoms with van der Waals surface area (Å²) in [6.07, 6.45) is 1.60. The standard InChI is InChI=1S/C21H16N4S2/c1-13-3-5-15(6-4-13)18-14(2)27-21-19(18)20(23-12-24-21)25-16-7-9-17(10-8-16)26-11-22/h3-10,12H,1-2H3,(H,23,24,25). The summed E-state index contributed by atoms with van der Waals surface area (Å²) in [5.74, 6) is 0.792. The number of hydrogen-bond acceptors (Lipinski definition) is 6. The van der Waals surface area contributed by atoms with Crippen LogP contribution in [0.1, 0.15) is 10.4 Å². The van der Waals surface area contributed by atoms with Crippen LogP contribution < -0.4 is 5.32 Å². The van der Waals surface area contributed by atoms with Gasteiger partial charge in [0.1, 0.15) is 22.4 Å². The third kappa shape index (κ3) is 3.52. The van der Waals surface area contributed by atoms with Crippen molar-refractivity contribution in [3.05, 3.63) is 65.3 Å². The molecule has 4 aromatic rings. The van der Waals surface area contributed by atoms with Gasteiger partial charge in [0.15, 0.2) is 0 Å². The molecule has 2 aromatic heterocycles. The summed E-state index contributed by atoms with van der Waals surface area (Å²) in [6, 6.07) is 16.3. The number of rotatable bonds is 4. The highest BCUT2D eigenvalue weighted by Crippen LogP contribution is 2.41. The highest BCUT2D eigenvalue weighted by molar-refractivity contribution is 8.03. The molecule has 0 radical (unpaired) electrons. The van der Waals surface area contributed by atoms with Crippen LogP contribution >= 0.6 is 23.1 Å². The summed E-state index contributed by atoms with van der Waals surface area (Å²) in [6.45, 7) is 4.21. The van der Waals surface area contributed by atoms with Crippen molar-refractivity contribution in [2.75, 3.05) is 5.32 Å². The Kier molecular flexibility index (Phi) is 4.80. The molecular weight excluding hydrogens is 372 g/mol. The van der Waals surface area contributed by atoms with E-state index in [2.05, 4.69) is 58.8 Å². The van der Waals surface area contributed by atoms with E-state index in [9.17, 15) is 0 Å². The van der Waals surface area contributed by atoms with E-state index >= 15 is 0 Å². The van der Waals surface area contributed by atoms with Crippen molar-refractivity contribution in [1.82, 2.24) is 9.97 Å². The fourth-order valence-electron chi connectivity index (χ4n) is 3.00. The maximum absolute atomic E-state index is 8.78. The van der Waals surface area contributed by atoms with Gasteiger partial charge in [0.25, 0.3) is 0 Å².